The van der Waals surface area contributed by atoms with Gasteiger partial charge in [-0.3, -0.25) is 9.89 Å². The molecular formula is C12H13N5O. The highest BCUT2D eigenvalue weighted by molar-refractivity contribution is 5.82. The molecule has 0 saturated heterocycles. The number of rotatable bonds is 2. The van der Waals surface area contributed by atoms with Gasteiger partial charge in [0.15, 0.2) is 0 Å². The maximum absolute atomic E-state index is 9.60. The molecule has 1 atom stereocenters. The summed E-state index contributed by atoms with van der Waals surface area (Å²) in [6.07, 6.45) is 6.17. The minimum Gasteiger partial charge on any atom is -0.345 e. The Kier molecular flexibility index (Phi) is 2.49. The molecule has 1 aliphatic rings. The van der Waals surface area contributed by atoms with Crippen molar-refractivity contribution in [2.75, 3.05) is 5.32 Å². The Bertz CT molecular complexity index is 630. The first-order valence-corrected chi connectivity index (χ1v) is 5.59. The van der Waals surface area contributed by atoms with Crippen molar-refractivity contribution in [1.82, 2.24) is 14.8 Å². The summed E-state index contributed by atoms with van der Waals surface area (Å²) in [7, 11) is 1.90. The predicted octanol–water partition coefficient (Wildman–Crippen LogP) is 1.56. The van der Waals surface area contributed by atoms with Crippen molar-refractivity contribution in [3.63, 3.8) is 0 Å². The number of nitrogens with zero attached hydrogens (tertiary/aromatic N) is 4. The average molecular weight is 243 g/mol. The summed E-state index contributed by atoms with van der Waals surface area (Å²) in [4.78, 5) is 4.12. The minimum atomic E-state index is -0.496. The first-order valence-electron chi connectivity index (χ1n) is 5.59. The molecule has 0 radical (unpaired) electrons. The Morgan fingerprint density at radius 2 is 2.28 bits per heavy atom. The lowest BCUT2D eigenvalue weighted by Gasteiger charge is -2.24. The zero-order valence-corrected chi connectivity index (χ0v) is 9.85. The quantitative estimate of drug-likeness (QED) is 0.840. The summed E-state index contributed by atoms with van der Waals surface area (Å²) in [6, 6.07) is 5.89. The van der Waals surface area contributed by atoms with Crippen molar-refractivity contribution < 1.29 is 5.21 Å². The van der Waals surface area contributed by atoms with E-state index in [2.05, 4.69) is 15.4 Å². The highest BCUT2D eigenvalue weighted by atomic mass is 16.5. The van der Waals surface area contributed by atoms with Crippen molar-refractivity contribution in [2.45, 2.75) is 6.29 Å². The van der Waals surface area contributed by atoms with E-state index in [1.54, 1.807) is 24.7 Å². The average Bonchev–Trinajstić information content (AvgIpc) is 2.74. The van der Waals surface area contributed by atoms with Crippen LogP contribution in [-0.2, 0) is 7.05 Å². The molecule has 18 heavy (non-hydrogen) atoms. The summed E-state index contributed by atoms with van der Waals surface area (Å²) in [6.45, 7) is 0. The molecule has 0 fully saturated rings. The lowest BCUT2D eigenvalue weighted by atomic mass is 10.2. The van der Waals surface area contributed by atoms with Crippen LogP contribution >= 0.6 is 0 Å². The van der Waals surface area contributed by atoms with Gasteiger partial charge < -0.3 is 5.32 Å². The lowest BCUT2D eigenvalue weighted by Crippen LogP contribution is -2.34. The summed E-state index contributed by atoms with van der Waals surface area (Å²) >= 11 is 0. The fourth-order valence-corrected chi connectivity index (χ4v) is 1.91. The molecule has 0 spiro atoms. The van der Waals surface area contributed by atoms with Gasteiger partial charge in [-0.2, -0.15) is 5.10 Å². The molecule has 3 rings (SSSR count). The van der Waals surface area contributed by atoms with Gasteiger partial charge in [-0.25, -0.2) is 10.1 Å². The molecule has 1 aromatic heterocycles. The zero-order chi connectivity index (χ0) is 12.5. The van der Waals surface area contributed by atoms with E-state index in [4.69, 9.17) is 0 Å². The van der Waals surface area contributed by atoms with E-state index in [0.717, 1.165) is 21.7 Å². The molecular weight excluding hydrogens is 230 g/mol. The van der Waals surface area contributed by atoms with Crippen LogP contribution in [0, 0.1) is 0 Å². The number of allylic oxidation sites excluding steroid dienone is 1. The van der Waals surface area contributed by atoms with Gasteiger partial charge in [0, 0.05) is 30.5 Å². The molecule has 0 aliphatic carbocycles. The van der Waals surface area contributed by atoms with E-state index >= 15 is 0 Å². The van der Waals surface area contributed by atoms with Gasteiger partial charge in [-0.05, 0) is 24.3 Å². The largest absolute Gasteiger partial charge is 0.345 e. The third-order valence-corrected chi connectivity index (χ3v) is 2.84. The van der Waals surface area contributed by atoms with Crippen molar-refractivity contribution in [1.29, 1.82) is 0 Å². The third-order valence-electron chi connectivity index (χ3n) is 2.84. The van der Waals surface area contributed by atoms with Gasteiger partial charge in [-0.15, -0.1) is 0 Å². The third kappa shape index (κ3) is 1.82. The van der Waals surface area contributed by atoms with Crippen LogP contribution in [0.3, 0.4) is 0 Å². The van der Waals surface area contributed by atoms with Gasteiger partial charge >= 0.3 is 0 Å². The normalized spacial score (nSPS) is 18.6. The molecule has 1 aromatic carbocycles. The van der Waals surface area contributed by atoms with Crippen LogP contribution in [0.5, 0.6) is 0 Å². The molecule has 2 N–H and O–H groups in total. The number of hydroxylamine groups is 2. The molecule has 1 unspecified atom stereocenters. The Morgan fingerprint density at radius 3 is 3.11 bits per heavy atom. The molecule has 0 saturated carbocycles. The standard InChI is InChI=1S/C12H13N5O/c1-16-11-4-3-10(7-9(11)8-14-16)15-12-13-5-2-6-17(12)18/h2-8,12,15,18H,1H3. The summed E-state index contributed by atoms with van der Waals surface area (Å²) < 4.78 is 1.82. The number of hydrogen-bond acceptors (Lipinski definition) is 5. The second kappa shape index (κ2) is 4.15. The van der Waals surface area contributed by atoms with Crippen LogP contribution in [0.2, 0.25) is 0 Å². The maximum atomic E-state index is 9.60. The highest BCUT2D eigenvalue weighted by Gasteiger charge is 2.13. The molecule has 2 aromatic rings. The number of hydrogen-bond donors (Lipinski definition) is 2. The SMILES string of the molecule is Cn1ncc2cc(NC3N=CC=CN3O)ccc21. The molecule has 6 nitrogen and oxygen atoms in total. The zero-order valence-electron chi connectivity index (χ0n) is 9.85. The van der Waals surface area contributed by atoms with E-state index in [0.29, 0.717) is 0 Å². The number of nitrogens with one attached hydrogen (secondary N) is 1. The Morgan fingerprint density at radius 1 is 1.39 bits per heavy atom. The highest BCUT2D eigenvalue weighted by Crippen LogP contribution is 2.19. The number of anilines is 1. The number of aromatic nitrogens is 2. The smallest absolute Gasteiger partial charge is 0.218 e. The van der Waals surface area contributed by atoms with Crippen LogP contribution in [0.15, 0.2) is 41.7 Å². The van der Waals surface area contributed by atoms with Crippen molar-refractivity contribution in [3.05, 3.63) is 36.7 Å². The number of aliphatic imine (C=N–C) groups is 1. The van der Waals surface area contributed by atoms with Crippen LogP contribution in [-0.4, -0.2) is 32.6 Å². The predicted molar refractivity (Wildman–Crippen MR) is 69.4 cm³/mol. The molecule has 0 bridgehead atoms. The van der Waals surface area contributed by atoms with Crippen LogP contribution in [0.1, 0.15) is 0 Å². The second-order valence-corrected chi connectivity index (χ2v) is 4.08. The number of fused-ring (bicyclic) bond motifs is 1. The van der Waals surface area contributed by atoms with Gasteiger partial charge in [0.2, 0.25) is 6.29 Å². The summed E-state index contributed by atoms with van der Waals surface area (Å²) in [5.74, 6) is 0. The summed E-state index contributed by atoms with van der Waals surface area (Å²) in [5, 5.41) is 19.0. The number of benzene rings is 1. The molecule has 1 aliphatic heterocycles. The van der Waals surface area contributed by atoms with Crippen LogP contribution in [0.4, 0.5) is 5.69 Å². The summed E-state index contributed by atoms with van der Waals surface area (Å²) in [5.41, 5.74) is 1.94. The van der Waals surface area contributed by atoms with E-state index < -0.39 is 6.29 Å². The monoisotopic (exact) mass is 243 g/mol. The van der Waals surface area contributed by atoms with E-state index in [9.17, 15) is 5.21 Å². The lowest BCUT2D eigenvalue weighted by molar-refractivity contribution is -0.0685. The molecule has 92 valence electrons. The van der Waals surface area contributed by atoms with Crippen molar-refractivity contribution >= 4 is 22.8 Å². The first-order chi connectivity index (χ1) is 8.74. The first kappa shape index (κ1) is 10.8. The fourth-order valence-electron chi connectivity index (χ4n) is 1.91. The van der Waals surface area contributed by atoms with Gasteiger partial charge in [0.1, 0.15) is 0 Å². The Balaban J connectivity index is 1.86. The van der Waals surface area contributed by atoms with Crippen LogP contribution < -0.4 is 5.32 Å². The fraction of sp³-hybridized carbons (Fsp3) is 0.167. The minimum absolute atomic E-state index is 0.496. The Hall–Kier alpha value is -2.34. The topological polar surface area (TPSA) is 65.7 Å². The van der Waals surface area contributed by atoms with E-state index in [-0.39, 0.29) is 0 Å². The second-order valence-electron chi connectivity index (χ2n) is 4.08. The van der Waals surface area contributed by atoms with Gasteiger partial charge in [0.25, 0.3) is 0 Å². The van der Waals surface area contributed by atoms with Crippen molar-refractivity contribution in [3.8, 4) is 0 Å². The van der Waals surface area contributed by atoms with E-state index in [1.165, 1.54) is 0 Å². The van der Waals surface area contributed by atoms with Crippen molar-refractivity contribution in [2.24, 2.45) is 12.0 Å². The molecule has 2 heterocycles. The van der Waals surface area contributed by atoms with Gasteiger partial charge in [0.05, 0.1) is 11.7 Å². The number of aryl methyl sites for hydroxylation is 1. The van der Waals surface area contributed by atoms with Crippen LogP contribution in [0.25, 0.3) is 10.9 Å². The maximum Gasteiger partial charge on any atom is 0.218 e. The molecule has 0 amide bonds. The van der Waals surface area contributed by atoms with Gasteiger partial charge in [-0.1, -0.05) is 0 Å². The molecule has 6 heteroatoms. The van der Waals surface area contributed by atoms with E-state index in [1.807, 2.05) is 29.9 Å². The Labute approximate surface area is 104 Å².